The zero-order valence-corrected chi connectivity index (χ0v) is 12.4. The van der Waals surface area contributed by atoms with E-state index in [0.717, 1.165) is 25.6 Å². The molecule has 4 heteroatoms. The number of hydrogen-bond donors (Lipinski definition) is 1. The predicted octanol–water partition coefficient (Wildman–Crippen LogP) is 2.75. The number of fused-ring (bicyclic) bond motifs is 1. The SMILES string of the molecule is COOC(C)(O)CCC1CCCC2C(C)COCC12. The molecule has 2 rings (SSSR count). The first-order valence-electron chi connectivity index (χ1n) is 7.55. The second-order valence-electron chi connectivity index (χ2n) is 6.50. The third-order valence-corrected chi connectivity index (χ3v) is 4.93. The van der Waals surface area contributed by atoms with Crippen LogP contribution in [0.1, 0.15) is 46.0 Å². The first-order valence-corrected chi connectivity index (χ1v) is 7.55. The minimum Gasteiger partial charge on any atom is -0.381 e. The average molecular weight is 272 g/mol. The van der Waals surface area contributed by atoms with Crippen LogP contribution >= 0.6 is 0 Å². The van der Waals surface area contributed by atoms with Gasteiger partial charge in [-0.05, 0) is 43.4 Å². The quantitative estimate of drug-likeness (QED) is 0.475. The van der Waals surface area contributed by atoms with E-state index in [1.807, 2.05) is 0 Å². The second kappa shape index (κ2) is 6.53. The minimum absolute atomic E-state index is 0.614. The van der Waals surface area contributed by atoms with Crippen molar-refractivity contribution in [2.75, 3.05) is 20.3 Å². The van der Waals surface area contributed by atoms with E-state index >= 15 is 0 Å². The summed E-state index contributed by atoms with van der Waals surface area (Å²) in [7, 11) is 1.43. The molecule has 0 aromatic carbocycles. The summed E-state index contributed by atoms with van der Waals surface area (Å²) in [6.07, 6.45) is 5.50. The third-order valence-electron chi connectivity index (χ3n) is 4.93. The summed E-state index contributed by atoms with van der Waals surface area (Å²) in [4.78, 5) is 9.50. The number of ether oxygens (including phenoxy) is 1. The van der Waals surface area contributed by atoms with E-state index < -0.39 is 5.79 Å². The summed E-state index contributed by atoms with van der Waals surface area (Å²) < 4.78 is 5.74. The van der Waals surface area contributed by atoms with Crippen LogP contribution < -0.4 is 0 Å². The van der Waals surface area contributed by atoms with Gasteiger partial charge in [-0.25, -0.2) is 9.78 Å². The van der Waals surface area contributed by atoms with E-state index in [2.05, 4.69) is 11.8 Å². The van der Waals surface area contributed by atoms with Crippen LogP contribution in [-0.2, 0) is 14.5 Å². The van der Waals surface area contributed by atoms with Crippen LogP contribution in [0.25, 0.3) is 0 Å². The van der Waals surface area contributed by atoms with Crippen molar-refractivity contribution in [1.29, 1.82) is 0 Å². The highest BCUT2D eigenvalue weighted by atomic mass is 17.2. The molecule has 5 unspecified atom stereocenters. The van der Waals surface area contributed by atoms with Crippen LogP contribution in [0.4, 0.5) is 0 Å². The van der Waals surface area contributed by atoms with Gasteiger partial charge in [0.25, 0.3) is 0 Å². The topological polar surface area (TPSA) is 47.9 Å². The van der Waals surface area contributed by atoms with Gasteiger partial charge in [0.2, 0.25) is 0 Å². The van der Waals surface area contributed by atoms with Crippen LogP contribution in [-0.4, -0.2) is 31.2 Å². The summed E-state index contributed by atoms with van der Waals surface area (Å²) in [6.45, 7) is 5.78. The fourth-order valence-electron chi connectivity index (χ4n) is 3.91. The van der Waals surface area contributed by atoms with Crippen molar-refractivity contribution in [3.8, 4) is 0 Å². The average Bonchev–Trinajstić information content (AvgIpc) is 2.37. The Labute approximate surface area is 116 Å². The minimum atomic E-state index is -1.18. The molecule has 5 atom stereocenters. The molecular weight excluding hydrogens is 244 g/mol. The molecule has 1 aliphatic heterocycles. The molecule has 0 amide bonds. The molecule has 1 saturated carbocycles. The predicted molar refractivity (Wildman–Crippen MR) is 72.3 cm³/mol. The van der Waals surface area contributed by atoms with Crippen molar-refractivity contribution >= 4 is 0 Å². The Kier molecular flexibility index (Phi) is 5.23. The highest BCUT2D eigenvalue weighted by molar-refractivity contribution is 4.87. The van der Waals surface area contributed by atoms with Crippen molar-refractivity contribution in [3.05, 3.63) is 0 Å². The van der Waals surface area contributed by atoms with Gasteiger partial charge >= 0.3 is 0 Å². The Balaban J connectivity index is 1.89. The smallest absolute Gasteiger partial charge is 0.196 e. The Hall–Kier alpha value is -0.160. The largest absolute Gasteiger partial charge is 0.381 e. The lowest BCUT2D eigenvalue weighted by Crippen LogP contribution is -2.42. The Bertz CT molecular complexity index is 279. The van der Waals surface area contributed by atoms with E-state index in [4.69, 9.17) is 9.62 Å². The summed E-state index contributed by atoms with van der Waals surface area (Å²) in [5.41, 5.74) is 0. The van der Waals surface area contributed by atoms with E-state index in [0.29, 0.717) is 24.2 Å². The lowest BCUT2D eigenvalue weighted by Gasteiger charge is -2.45. The van der Waals surface area contributed by atoms with E-state index in [-0.39, 0.29) is 0 Å². The lowest BCUT2D eigenvalue weighted by atomic mass is 9.65. The molecule has 112 valence electrons. The van der Waals surface area contributed by atoms with Crippen LogP contribution in [0.2, 0.25) is 0 Å². The Morgan fingerprint density at radius 2 is 2.05 bits per heavy atom. The standard InChI is InChI=1S/C15H28O4/c1-11-9-18-10-14-12(5-4-6-13(11)14)7-8-15(2,16)19-17-3/h11-14,16H,4-10H2,1-3H3. The van der Waals surface area contributed by atoms with Crippen molar-refractivity contribution in [1.82, 2.24) is 0 Å². The molecule has 1 N–H and O–H groups in total. The molecule has 2 fully saturated rings. The van der Waals surface area contributed by atoms with Gasteiger partial charge in [-0.3, -0.25) is 0 Å². The Morgan fingerprint density at radius 1 is 1.26 bits per heavy atom. The van der Waals surface area contributed by atoms with E-state index in [1.54, 1.807) is 6.92 Å². The monoisotopic (exact) mass is 272 g/mol. The fourth-order valence-corrected chi connectivity index (χ4v) is 3.91. The maximum absolute atomic E-state index is 10.0. The summed E-state index contributed by atoms with van der Waals surface area (Å²) >= 11 is 0. The molecule has 4 nitrogen and oxygen atoms in total. The lowest BCUT2D eigenvalue weighted by molar-refractivity contribution is -0.403. The Morgan fingerprint density at radius 3 is 2.79 bits per heavy atom. The molecule has 0 aromatic heterocycles. The fraction of sp³-hybridized carbons (Fsp3) is 1.00. The zero-order chi connectivity index (χ0) is 13.9. The first kappa shape index (κ1) is 15.2. The normalized spacial score (nSPS) is 38.5. The van der Waals surface area contributed by atoms with E-state index in [1.165, 1.54) is 26.4 Å². The van der Waals surface area contributed by atoms with Crippen molar-refractivity contribution in [3.63, 3.8) is 0 Å². The van der Waals surface area contributed by atoms with Gasteiger partial charge in [-0.1, -0.05) is 19.8 Å². The van der Waals surface area contributed by atoms with Crippen molar-refractivity contribution in [2.45, 2.75) is 51.7 Å². The molecule has 0 aromatic rings. The molecule has 0 bridgehead atoms. The maximum Gasteiger partial charge on any atom is 0.196 e. The number of aliphatic hydroxyl groups is 1. The van der Waals surface area contributed by atoms with Gasteiger partial charge in [0.1, 0.15) is 0 Å². The van der Waals surface area contributed by atoms with Crippen molar-refractivity contribution < 1.29 is 19.6 Å². The first-order chi connectivity index (χ1) is 9.03. The molecule has 0 radical (unpaired) electrons. The molecule has 1 heterocycles. The van der Waals surface area contributed by atoms with Crippen molar-refractivity contribution in [2.24, 2.45) is 23.7 Å². The second-order valence-corrected chi connectivity index (χ2v) is 6.50. The van der Waals surface area contributed by atoms with Gasteiger partial charge in [-0.15, -0.1) is 0 Å². The molecular formula is C15H28O4. The maximum atomic E-state index is 10.0. The van der Waals surface area contributed by atoms with Gasteiger partial charge in [-0.2, -0.15) is 0 Å². The summed E-state index contributed by atoms with van der Waals surface area (Å²) in [5, 5.41) is 10.0. The summed E-state index contributed by atoms with van der Waals surface area (Å²) in [5.74, 6) is 1.62. The van der Waals surface area contributed by atoms with Gasteiger partial charge in [0, 0.05) is 19.6 Å². The highest BCUT2D eigenvalue weighted by Gasteiger charge is 2.39. The molecule has 1 aliphatic carbocycles. The number of hydrogen-bond acceptors (Lipinski definition) is 4. The summed E-state index contributed by atoms with van der Waals surface area (Å²) in [6, 6.07) is 0. The van der Waals surface area contributed by atoms with E-state index in [9.17, 15) is 5.11 Å². The van der Waals surface area contributed by atoms with Crippen LogP contribution in [0.15, 0.2) is 0 Å². The van der Waals surface area contributed by atoms with Crippen LogP contribution in [0.5, 0.6) is 0 Å². The van der Waals surface area contributed by atoms with Gasteiger partial charge < -0.3 is 9.84 Å². The molecule has 1 saturated heterocycles. The molecule has 0 spiro atoms. The van der Waals surface area contributed by atoms with Gasteiger partial charge in [0.15, 0.2) is 5.79 Å². The zero-order valence-electron chi connectivity index (χ0n) is 12.4. The highest BCUT2D eigenvalue weighted by Crippen LogP contribution is 2.44. The molecule has 2 aliphatic rings. The third kappa shape index (κ3) is 3.91. The molecule has 19 heavy (non-hydrogen) atoms. The van der Waals surface area contributed by atoms with Crippen LogP contribution in [0.3, 0.4) is 0 Å². The van der Waals surface area contributed by atoms with Gasteiger partial charge in [0.05, 0.1) is 7.11 Å². The van der Waals surface area contributed by atoms with Crippen LogP contribution in [0, 0.1) is 23.7 Å². The number of rotatable bonds is 5.